The van der Waals surface area contributed by atoms with Crippen LogP contribution in [0.4, 0.5) is 13.2 Å². The Kier molecular flexibility index (Phi) is 4.83. The Labute approximate surface area is 125 Å². The van der Waals surface area contributed by atoms with Crippen molar-refractivity contribution in [3.05, 3.63) is 35.4 Å². The molecule has 0 unspecified atom stereocenters. The zero-order valence-corrected chi connectivity index (χ0v) is 12.5. The van der Waals surface area contributed by atoms with Gasteiger partial charge in [-0.3, -0.25) is 4.79 Å². The molecule has 0 radical (unpaired) electrons. The Morgan fingerprint density at radius 3 is 2.43 bits per heavy atom. The van der Waals surface area contributed by atoms with Crippen molar-refractivity contribution in [3.63, 3.8) is 0 Å². The molecule has 0 aliphatic carbocycles. The third kappa shape index (κ3) is 3.52. The number of rotatable bonds is 4. The molecule has 1 fully saturated rings. The van der Waals surface area contributed by atoms with Crippen molar-refractivity contribution in [1.82, 2.24) is 4.90 Å². The summed E-state index contributed by atoms with van der Waals surface area (Å²) in [5.41, 5.74) is 0.0128. The van der Waals surface area contributed by atoms with Crippen LogP contribution in [-0.4, -0.2) is 36.3 Å². The summed E-state index contributed by atoms with van der Waals surface area (Å²) >= 11 is 1.44. The molecule has 3 nitrogen and oxygen atoms in total. The Bertz CT molecular complexity index is 504. The van der Waals surface area contributed by atoms with Gasteiger partial charge in [0.2, 0.25) is 5.91 Å². The van der Waals surface area contributed by atoms with Gasteiger partial charge in [-0.15, -0.1) is 11.8 Å². The van der Waals surface area contributed by atoms with Crippen LogP contribution >= 0.6 is 11.8 Å². The minimum Gasteiger partial charge on any atom is -0.383 e. The van der Waals surface area contributed by atoms with Gasteiger partial charge in [0, 0.05) is 13.7 Å². The summed E-state index contributed by atoms with van der Waals surface area (Å²) in [6, 6.07) is 4.98. The standard InChI is InChI=1S/C14H16F3NO2S/c1-9-12(19)18(7-8-20-2)13(21-9)10-3-5-11(6-4-10)14(15,16)17/h3-6,9,13H,7-8H2,1-2H3/t9-,13+/m0/s1. The topological polar surface area (TPSA) is 29.5 Å². The number of carbonyl (C=O) groups excluding carboxylic acids is 1. The molecule has 7 heteroatoms. The molecule has 116 valence electrons. The van der Waals surface area contributed by atoms with E-state index in [9.17, 15) is 18.0 Å². The van der Waals surface area contributed by atoms with E-state index in [1.807, 2.05) is 0 Å². The van der Waals surface area contributed by atoms with Crippen LogP contribution in [0.3, 0.4) is 0 Å². The second-order valence-electron chi connectivity index (χ2n) is 4.77. The van der Waals surface area contributed by atoms with Crippen LogP contribution in [0.25, 0.3) is 0 Å². The second-order valence-corrected chi connectivity index (χ2v) is 6.20. The quantitative estimate of drug-likeness (QED) is 0.853. The summed E-state index contributed by atoms with van der Waals surface area (Å²) in [7, 11) is 1.55. The maximum absolute atomic E-state index is 12.6. The van der Waals surface area contributed by atoms with E-state index in [1.165, 1.54) is 23.9 Å². The lowest BCUT2D eigenvalue weighted by molar-refractivity contribution is -0.137. The molecule has 1 heterocycles. The van der Waals surface area contributed by atoms with E-state index in [-0.39, 0.29) is 16.5 Å². The number of halogens is 3. The first-order valence-electron chi connectivity index (χ1n) is 6.46. The number of alkyl halides is 3. The van der Waals surface area contributed by atoms with Crippen molar-refractivity contribution in [1.29, 1.82) is 0 Å². The van der Waals surface area contributed by atoms with Crippen LogP contribution in [0.1, 0.15) is 23.4 Å². The molecule has 0 spiro atoms. The second kappa shape index (κ2) is 6.27. The predicted molar refractivity (Wildman–Crippen MR) is 74.8 cm³/mol. The van der Waals surface area contributed by atoms with E-state index in [0.29, 0.717) is 18.7 Å². The number of nitrogens with zero attached hydrogens (tertiary/aromatic N) is 1. The normalized spacial score (nSPS) is 22.9. The highest BCUT2D eigenvalue weighted by Crippen LogP contribution is 2.43. The van der Waals surface area contributed by atoms with E-state index in [2.05, 4.69) is 0 Å². The molecular formula is C14H16F3NO2S. The molecule has 0 bridgehead atoms. The molecule has 1 aliphatic heterocycles. The summed E-state index contributed by atoms with van der Waals surface area (Å²) in [6.45, 7) is 2.63. The Balaban J connectivity index is 2.21. The number of hydrogen-bond acceptors (Lipinski definition) is 3. The summed E-state index contributed by atoms with van der Waals surface area (Å²) in [6.07, 6.45) is -4.35. The van der Waals surface area contributed by atoms with Crippen LogP contribution < -0.4 is 0 Å². The van der Waals surface area contributed by atoms with Gasteiger partial charge in [-0.1, -0.05) is 12.1 Å². The summed E-state index contributed by atoms with van der Waals surface area (Å²) in [5, 5.41) is -0.459. The molecule has 1 aromatic rings. The van der Waals surface area contributed by atoms with Crippen molar-refractivity contribution in [2.45, 2.75) is 23.7 Å². The highest BCUT2D eigenvalue weighted by Gasteiger charge is 2.38. The van der Waals surface area contributed by atoms with Gasteiger partial charge < -0.3 is 9.64 Å². The minimum atomic E-state index is -4.35. The van der Waals surface area contributed by atoms with Gasteiger partial charge >= 0.3 is 6.18 Å². The average Bonchev–Trinajstić information content (AvgIpc) is 2.72. The van der Waals surface area contributed by atoms with Crippen LogP contribution in [-0.2, 0) is 15.7 Å². The fourth-order valence-corrected chi connectivity index (χ4v) is 3.50. The van der Waals surface area contributed by atoms with E-state index in [1.54, 1.807) is 18.9 Å². The van der Waals surface area contributed by atoms with Gasteiger partial charge in [-0.2, -0.15) is 13.2 Å². The number of amides is 1. The monoisotopic (exact) mass is 319 g/mol. The van der Waals surface area contributed by atoms with E-state index >= 15 is 0 Å². The Morgan fingerprint density at radius 2 is 1.90 bits per heavy atom. The molecule has 1 aromatic carbocycles. The number of carbonyl (C=O) groups is 1. The van der Waals surface area contributed by atoms with Crippen LogP contribution in [0, 0.1) is 0 Å². The van der Waals surface area contributed by atoms with Gasteiger partial charge in [-0.25, -0.2) is 0 Å². The Hall–Kier alpha value is -1.21. The number of hydrogen-bond donors (Lipinski definition) is 0. The number of thioether (sulfide) groups is 1. The predicted octanol–water partition coefficient (Wildman–Crippen LogP) is 3.31. The van der Waals surface area contributed by atoms with E-state index in [4.69, 9.17) is 4.74 Å². The SMILES string of the molecule is COCCN1C(=O)[C@H](C)S[C@@H]1c1ccc(C(F)(F)F)cc1. The molecule has 0 aromatic heterocycles. The van der Waals surface area contributed by atoms with Crippen molar-refractivity contribution in [3.8, 4) is 0 Å². The third-order valence-electron chi connectivity index (χ3n) is 3.31. The maximum atomic E-state index is 12.6. The van der Waals surface area contributed by atoms with Gasteiger partial charge in [0.1, 0.15) is 5.37 Å². The Morgan fingerprint density at radius 1 is 1.29 bits per heavy atom. The van der Waals surface area contributed by atoms with Crippen LogP contribution in [0.15, 0.2) is 24.3 Å². The fourth-order valence-electron chi connectivity index (χ4n) is 2.19. The largest absolute Gasteiger partial charge is 0.416 e. The zero-order valence-electron chi connectivity index (χ0n) is 11.7. The molecule has 21 heavy (non-hydrogen) atoms. The van der Waals surface area contributed by atoms with Crippen LogP contribution in [0.5, 0.6) is 0 Å². The molecule has 1 amide bonds. The zero-order chi connectivity index (χ0) is 15.6. The lowest BCUT2D eigenvalue weighted by atomic mass is 10.1. The number of benzene rings is 1. The van der Waals surface area contributed by atoms with Gasteiger partial charge in [0.15, 0.2) is 0 Å². The highest BCUT2D eigenvalue weighted by molar-refractivity contribution is 8.01. The van der Waals surface area contributed by atoms with Crippen LogP contribution in [0.2, 0.25) is 0 Å². The molecule has 1 saturated heterocycles. The lowest BCUT2D eigenvalue weighted by Crippen LogP contribution is -2.33. The fraction of sp³-hybridized carbons (Fsp3) is 0.500. The third-order valence-corrected chi connectivity index (χ3v) is 4.70. The van der Waals surface area contributed by atoms with Gasteiger partial charge in [0.05, 0.1) is 17.4 Å². The molecule has 0 N–H and O–H groups in total. The first-order chi connectivity index (χ1) is 9.84. The van der Waals surface area contributed by atoms with Crippen molar-refractivity contribution >= 4 is 17.7 Å². The highest BCUT2D eigenvalue weighted by atomic mass is 32.2. The van der Waals surface area contributed by atoms with Crippen molar-refractivity contribution < 1.29 is 22.7 Å². The molecule has 0 saturated carbocycles. The van der Waals surface area contributed by atoms with Gasteiger partial charge in [0.25, 0.3) is 0 Å². The molecular weight excluding hydrogens is 303 g/mol. The van der Waals surface area contributed by atoms with E-state index < -0.39 is 11.7 Å². The first kappa shape index (κ1) is 16.2. The van der Waals surface area contributed by atoms with Gasteiger partial charge in [-0.05, 0) is 24.6 Å². The summed E-state index contributed by atoms with van der Waals surface area (Å²) in [5.74, 6) is -0.0121. The molecule has 2 rings (SSSR count). The maximum Gasteiger partial charge on any atom is 0.416 e. The van der Waals surface area contributed by atoms with Crippen molar-refractivity contribution in [2.24, 2.45) is 0 Å². The average molecular weight is 319 g/mol. The number of ether oxygens (including phenoxy) is 1. The minimum absolute atomic E-state index is 0.0121. The first-order valence-corrected chi connectivity index (χ1v) is 7.41. The molecule has 1 aliphatic rings. The summed E-state index contributed by atoms with van der Waals surface area (Å²) in [4.78, 5) is 13.7. The van der Waals surface area contributed by atoms with E-state index in [0.717, 1.165) is 12.1 Å². The lowest BCUT2D eigenvalue weighted by Gasteiger charge is -2.24. The molecule has 2 atom stereocenters. The number of methoxy groups -OCH3 is 1. The van der Waals surface area contributed by atoms with Crippen molar-refractivity contribution in [2.75, 3.05) is 20.3 Å². The summed E-state index contributed by atoms with van der Waals surface area (Å²) < 4.78 is 42.7. The smallest absolute Gasteiger partial charge is 0.383 e.